The van der Waals surface area contributed by atoms with Crippen LogP contribution < -0.4 is 11.1 Å². The maximum Gasteiger partial charge on any atom is 0.271 e. The largest absolute Gasteiger partial charge is 0.375 e. The van der Waals surface area contributed by atoms with Gasteiger partial charge in [-0.3, -0.25) is 4.79 Å². The van der Waals surface area contributed by atoms with E-state index in [9.17, 15) is 4.79 Å². The number of nitrogens with two attached hydrogens (primary N) is 1. The summed E-state index contributed by atoms with van der Waals surface area (Å²) in [5, 5.41) is 5.16. The third-order valence-corrected chi connectivity index (χ3v) is 3.75. The van der Waals surface area contributed by atoms with E-state index in [4.69, 9.17) is 5.73 Å². The zero-order valence-electron chi connectivity index (χ0n) is 12.6. The van der Waals surface area contributed by atoms with Gasteiger partial charge in [-0.1, -0.05) is 51.1 Å². The van der Waals surface area contributed by atoms with Crippen molar-refractivity contribution < 1.29 is 4.79 Å². The molecular weight excluding hydrogens is 282 g/mol. The highest BCUT2D eigenvalue weighted by Gasteiger charge is 2.23. The fourth-order valence-electron chi connectivity index (χ4n) is 2.17. The minimum absolute atomic E-state index is 0.0402. The predicted octanol–water partition coefficient (Wildman–Crippen LogP) is 3.63. The molecule has 1 heterocycles. The van der Waals surface area contributed by atoms with E-state index in [0.29, 0.717) is 10.8 Å². The molecule has 5 heteroatoms. The van der Waals surface area contributed by atoms with Gasteiger partial charge in [-0.15, -0.1) is 11.3 Å². The topological polar surface area (TPSA) is 68.0 Å². The SMILES string of the molecule is CC(C)(C)CC(NC(=O)c1csc(N)n1)c1ccccc1. The van der Waals surface area contributed by atoms with Gasteiger partial charge in [0, 0.05) is 5.38 Å². The van der Waals surface area contributed by atoms with Crippen molar-refractivity contribution in [3.8, 4) is 0 Å². The molecule has 0 saturated heterocycles. The van der Waals surface area contributed by atoms with Crippen LogP contribution in [0.4, 0.5) is 5.13 Å². The van der Waals surface area contributed by atoms with E-state index >= 15 is 0 Å². The quantitative estimate of drug-likeness (QED) is 0.906. The molecule has 1 amide bonds. The molecular formula is C16H21N3OS. The van der Waals surface area contributed by atoms with E-state index in [1.165, 1.54) is 11.3 Å². The molecule has 21 heavy (non-hydrogen) atoms. The molecule has 1 atom stereocenters. The van der Waals surface area contributed by atoms with Crippen LogP contribution in [0, 0.1) is 5.41 Å². The van der Waals surface area contributed by atoms with Crippen molar-refractivity contribution in [3.63, 3.8) is 0 Å². The van der Waals surface area contributed by atoms with E-state index in [-0.39, 0.29) is 17.4 Å². The number of thiazole rings is 1. The Hall–Kier alpha value is -1.88. The second-order valence-corrected chi connectivity index (χ2v) is 7.16. The molecule has 0 aliphatic carbocycles. The summed E-state index contributed by atoms with van der Waals surface area (Å²) < 4.78 is 0. The number of hydrogen-bond donors (Lipinski definition) is 2. The van der Waals surface area contributed by atoms with Crippen molar-refractivity contribution in [1.29, 1.82) is 0 Å². The minimum Gasteiger partial charge on any atom is -0.375 e. The fourth-order valence-corrected chi connectivity index (χ4v) is 2.72. The fraction of sp³-hybridized carbons (Fsp3) is 0.375. The first-order chi connectivity index (χ1) is 9.85. The lowest BCUT2D eigenvalue weighted by Crippen LogP contribution is -2.31. The minimum atomic E-state index is -0.180. The first-order valence-corrected chi connectivity index (χ1v) is 7.80. The molecule has 1 aromatic heterocycles. The Bertz CT molecular complexity index is 601. The Morgan fingerprint density at radius 2 is 2.00 bits per heavy atom. The van der Waals surface area contributed by atoms with Crippen LogP contribution in [0.25, 0.3) is 0 Å². The highest BCUT2D eigenvalue weighted by Crippen LogP contribution is 2.29. The second-order valence-electron chi connectivity index (χ2n) is 6.27. The second kappa shape index (κ2) is 6.26. The van der Waals surface area contributed by atoms with Crippen LogP contribution >= 0.6 is 11.3 Å². The summed E-state index contributed by atoms with van der Waals surface area (Å²) in [5.41, 5.74) is 7.18. The zero-order chi connectivity index (χ0) is 15.5. The van der Waals surface area contributed by atoms with Crippen LogP contribution in [-0.2, 0) is 0 Å². The van der Waals surface area contributed by atoms with Gasteiger partial charge in [0.15, 0.2) is 5.13 Å². The van der Waals surface area contributed by atoms with E-state index in [1.807, 2.05) is 30.3 Å². The molecule has 2 aromatic rings. The number of anilines is 1. The van der Waals surface area contributed by atoms with Crippen molar-refractivity contribution in [1.82, 2.24) is 10.3 Å². The van der Waals surface area contributed by atoms with E-state index in [2.05, 4.69) is 31.1 Å². The molecule has 4 nitrogen and oxygen atoms in total. The van der Waals surface area contributed by atoms with E-state index in [1.54, 1.807) is 5.38 Å². The maximum absolute atomic E-state index is 12.3. The average molecular weight is 303 g/mol. The summed E-state index contributed by atoms with van der Waals surface area (Å²) in [7, 11) is 0. The smallest absolute Gasteiger partial charge is 0.271 e. The number of carbonyl (C=O) groups is 1. The number of carbonyl (C=O) groups excluding carboxylic acids is 1. The first-order valence-electron chi connectivity index (χ1n) is 6.92. The highest BCUT2D eigenvalue weighted by atomic mass is 32.1. The number of amides is 1. The Morgan fingerprint density at radius 1 is 1.33 bits per heavy atom. The van der Waals surface area contributed by atoms with Gasteiger partial charge >= 0.3 is 0 Å². The number of benzene rings is 1. The van der Waals surface area contributed by atoms with Gasteiger partial charge in [0.05, 0.1) is 6.04 Å². The van der Waals surface area contributed by atoms with Crippen molar-refractivity contribution in [3.05, 3.63) is 47.0 Å². The average Bonchev–Trinajstić information content (AvgIpc) is 2.84. The van der Waals surface area contributed by atoms with Gasteiger partial charge in [-0.25, -0.2) is 4.98 Å². The summed E-state index contributed by atoms with van der Waals surface area (Å²) >= 11 is 1.27. The molecule has 3 N–H and O–H groups in total. The summed E-state index contributed by atoms with van der Waals surface area (Å²) in [6, 6.07) is 9.97. The van der Waals surface area contributed by atoms with Crippen LogP contribution in [-0.4, -0.2) is 10.9 Å². The monoisotopic (exact) mass is 303 g/mol. The lowest BCUT2D eigenvalue weighted by Gasteiger charge is -2.27. The highest BCUT2D eigenvalue weighted by molar-refractivity contribution is 7.13. The summed E-state index contributed by atoms with van der Waals surface area (Å²) in [6.07, 6.45) is 0.850. The summed E-state index contributed by atoms with van der Waals surface area (Å²) in [4.78, 5) is 16.3. The van der Waals surface area contributed by atoms with Crippen molar-refractivity contribution in [2.24, 2.45) is 5.41 Å². The number of nitrogen functional groups attached to an aromatic ring is 1. The lowest BCUT2D eigenvalue weighted by molar-refractivity contribution is 0.0922. The van der Waals surface area contributed by atoms with E-state index < -0.39 is 0 Å². The molecule has 0 aliphatic rings. The van der Waals surface area contributed by atoms with Gasteiger partial charge in [-0.05, 0) is 17.4 Å². The number of hydrogen-bond acceptors (Lipinski definition) is 4. The van der Waals surface area contributed by atoms with Crippen molar-refractivity contribution in [2.45, 2.75) is 33.2 Å². The molecule has 0 radical (unpaired) electrons. The normalized spacial score (nSPS) is 12.9. The number of nitrogens with zero attached hydrogens (tertiary/aromatic N) is 1. The number of aromatic nitrogens is 1. The van der Waals surface area contributed by atoms with Gasteiger partial charge in [0.25, 0.3) is 5.91 Å². The standard InChI is InChI=1S/C16H21N3OS/c1-16(2,3)9-12(11-7-5-4-6-8-11)18-14(20)13-10-21-15(17)19-13/h4-8,10,12H,9H2,1-3H3,(H2,17,19)(H,18,20). The van der Waals surface area contributed by atoms with Crippen LogP contribution in [0.5, 0.6) is 0 Å². The van der Waals surface area contributed by atoms with Crippen LogP contribution in [0.15, 0.2) is 35.7 Å². The van der Waals surface area contributed by atoms with Crippen molar-refractivity contribution >= 4 is 22.4 Å². The first kappa shape index (κ1) is 15.5. The summed E-state index contributed by atoms with van der Waals surface area (Å²) in [6.45, 7) is 6.49. The Morgan fingerprint density at radius 3 is 2.52 bits per heavy atom. The van der Waals surface area contributed by atoms with E-state index in [0.717, 1.165) is 12.0 Å². The van der Waals surface area contributed by atoms with Gasteiger partial charge < -0.3 is 11.1 Å². The van der Waals surface area contributed by atoms with Gasteiger partial charge in [0.2, 0.25) is 0 Å². The Kier molecular flexibility index (Phi) is 4.63. The summed E-state index contributed by atoms with van der Waals surface area (Å²) in [5.74, 6) is -0.180. The van der Waals surface area contributed by atoms with Gasteiger partial charge in [0.1, 0.15) is 5.69 Å². The Balaban J connectivity index is 2.18. The molecule has 112 valence electrons. The van der Waals surface area contributed by atoms with Crippen LogP contribution in [0.1, 0.15) is 49.3 Å². The molecule has 0 spiro atoms. The molecule has 0 saturated carbocycles. The number of nitrogens with one attached hydrogen (secondary N) is 1. The lowest BCUT2D eigenvalue weighted by atomic mass is 9.85. The molecule has 0 fully saturated rings. The molecule has 1 aromatic carbocycles. The van der Waals surface area contributed by atoms with Crippen LogP contribution in [0.3, 0.4) is 0 Å². The maximum atomic E-state index is 12.3. The molecule has 0 bridgehead atoms. The zero-order valence-corrected chi connectivity index (χ0v) is 13.4. The molecule has 2 rings (SSSR count). The Labute approximate surface area is 129 Å². The molecule has 0 aliphatic heterocycles. The molecule has 1 unspecified atom stereocenters. The predicted molar refractivity (Wildman–Crippen MR) is 87.2 cm³/mol. The van der Waals surface area contributed by atoms with Crippen LogP contribution in [0.2, 0.25) is 0 Å². The number of rotatable bonds is 4. The van der Waals surface area contributed by atoms with Crippen molar-refractivity contribution in [2.75, 3.05) is 5.73 Å². The third-order valence-electron chi connectivity index (χ3n) is 3.08. The van der Waals surface area contributed by atoms with Gasteiger partial charge in [-0.2, -0.15) is 0 Å². The third kappa shape index (κ3) is 4.56.